The van der Waals surface area contributed by atoms with Crippen molar-refractivity contribution in [3.63, 3.8) is 0 Å². The molecule has 3 aliphatic rings. The molecule has 6 heteroatoms. The van der Waals surface area contributed by atoms with Crippen molar-refractivity contribution in [3.8, 4) is 11.4 Å². The maximum atomic E-state index is 12.7. The van der Waals surface area contributed by atoms with Crippen LogP contribution in [0.1, 0.15) is 78.5 Å². The van der Waals surface area contributed by atoms with E-state index in [4.69, 9.17) is 4.98 Å². The van der Waals surface area contributed by atoms with E-state index >= 15 is 0 Å². The Morgan fingerprint density at radius 3 is 2.32 bits per heavy atom. The number of benzene rings is 2. The summed E-state index contributed by atoms with van der Waals surface area (Å²) in [6.45, 7) is 0. The van der Waals surface area contributed by atoms with Gasteiger partial charge in [-0.15, -0.1) is 0 Å². The highest BCUT2D eigenvalue weighted by Gasteiger charge is 2.40. The van der Waals surface area contributed by atoms with Gasteiger partial charge in [-0.05, 0) is 74.3 Å². The lowest BCUT2D eigenvalue weighted by molar-refractivity contribution is 0.0916. The lowest BCUT2D eigenvalue weighted by Crippen LogP contribution is -2.38. The molecule has 2 aromatic carbocycles. The fourth-order valence-corrected chi connectivity index (χ4v) is 6.26. The fourth-order valence-electron chi connectivity index (χ4n) is 6.26. The molecule has 34 heavy (non-hydrogen) atoms. The number of aromatic amines is 1. The minimum atomic E-state index is -0.0178. The number of amides is 2. The van der Waals surface area contributed by atoms with Crippen molar-refractivity contribution >= 4 is 22.8 Å². The van der Waals surface area contributed by atoms with E-state index in [2.05, 4.69) is 15.6 Å². The van der Waals surface area contributed by atoms with E-state index in [0.717, 1.165) is 47.6 Å². The Morgan fingerprint density at radius 1 is 0.824 bits per heavy atom. The van der Waals surface area contributed by atoms with Gasteiger partial charge in [0.2, 0.25) is 0 Å². The van der Waals surface area contributed by atoms with Crippen molar-refractivity contribution in [2.45, 2.75) is 69.9 Å². The maximum Gasteiger partial charge on any atom is 0.251 e. The van der Waals surface area contributed by atoms with Crippen molar-refractivity contribution in [1.29, 1.82) is 0 Å². The summed E-state index contributed by atoms with van der Waals surface area (Å²) < 4.78 is 0. The number of imidazole rings is 1. The molecule has 6 nitrogen and oxygen atoms in total. The summed E-state index contributed by atoms with van der Waals surface area (Å²) in [5.74, 6) is 2.21. The molecule has 176 valence electrons. The molecule has 0 spiro atoms. The number of fused-ring (bicyclic) bond motifs is 3. The maximum absolute atomic E-state index is 12.7. The number of hydrogen-bond acceptors (Lipinski definition) is 3. The van der Waals surface area contributed by atoms with E-state index in [0.29, 0.717) is 23.1 Å². The summed E-state index contributed by atoms with van der Waals surface area (Å²) in [5, 5.41) is 6.43. The summed E-state index contributed by atoms with van der Waals surface area (Å²) in [6.07, 6.45) is 10.8. The third-order valence-corrected chi connectivity index (χ3v) is 8.16. The first-order valence-electron chi connectivity index (χ1n) is 12.8. The molecule has 1 aromatic heterocycles. The average Bonchev–Trinajstić information content (AvgIpc) is 3.60. The van der Waals surface area contributed by atoms with E-state index in [9.17, 15) is 9.59 Å². The highest BCUT2D eigenvalue weighted by Crippen LogP contribution is 2.44. The molecule has 6 rings (SSSR count). The summed E-state index contributed by atoms with van der Waals surface area (Å²) >= 11 is 0. The van der Waals surface area contributed by atoms with Crippen LogP contribution in [0.5, 0.6) is 0 Å². The molecular weight excluding hydrogens is 424 g/mol. The number of rotatable bonds is 5. The van der Waals surface area contributed by atoms with Gasteiger partial charge in [0.1, 0.15) is 5.82 Å². The van der Waals surface area contributed by atoms with Crippen LogP contribution in [0.15, 0.2) is 42.5 Å². The van der Waals surface area contributed by atoms with Gasteiger partial charge in [-0.2, -0.15) is 0 Å². The molecular formula is C28H32N4O2. The molecule has 1 heterocycles. The van der Waals surface area contributed by atoms with Crippen LogP contribution in [0.25, 0.3) is 22.4 Å². The molecule has 3 fully saturated rings. The number of hydrogen-bond donors (Lipinski definition) is 3. The van der Waals surface area contributed by atoms with Gasteiger partial charge in [0.05, 0.1) is 11.0 Å². The van der Waals surface area contributed by atoms with Crippen LogP contribution in [0.2, 0.25) is 0 Å². The van der Waals surface area contributed by atoms with Crippen LogP contribution in [0.3, 0.4) is 0 Å². The van der Waals surface area contributed by atoms with E-state index < -0.39 is 0 Å². The van der Waals surface area contributed by atoms with Crippen molar-refractivity contribution in [2.75, 3.05) is 0 Å². The summed E-state index contributed by atoms with van der Waals surface area (Å²) in [5.41, 5.74) is 3.91. The van der Waals surface area contributed by atoms with Crippen LogP contribution in [-0.2, 0) is 0 Å². The number of carbonyl (C=O) groups excluding carboxylic acids is 2. The van der Waals surface area contributed by atoms with Crippen LogP contribution in [0, 0.1) is 11.8 Å². The van der Waals surface area contributed by atoms with Gasteiger partial charge < -0.3 is 15.6 Å². The Balaban J connectivity index is 1.14. The highest BCUT2D eigenvalue weighted by atomic mass is 16.2. The summed E-state index contributed by atoms with van der Waals surface area (Å²) in [4.78, 5) is 33.5. The third-order valence-electron chi connectivity index (χ3n) is 8.16. The minimum absolute atomic E-state index is 0.0160. The number of aromatic nitrogens is 2. The Hall–Kier alpha value is -3.15. The molecule has 3 saturated carbocycles. The highest BCUT2D eigenvalue weighted by molar-refractivity contribution is 5.98. The van der Waals surface area contributed by atoms with Crippen LogP contribution >= 0.6 is 0 Å². The normalized spacial score (nSPS) is 24.4. The molecule has 3 aliphatic carbocycles. The summed E-state index contributed by atoms with van der Waals surface area (Å²) in [6, 6.07) is 13.8. The average molecular weight is 457 g/mol. The third kappa shape index (κ3) is 4.22. The Bertz CT molecular complexity index is 1210. The lowest BCUT2D eigenvalue weighted by Gasteiger charge is -2.22. The Kier molecular flexibility index (Phi) is 5.60. The zero-order chi connectivity index (χ0) is 23.1. The second-order valence-corrected chi connectivity index (χ2v) is 10.5. The molecule has 3 N–H and O–H groups in total. The standard InChI is InChI=1S/C28H32N4O2/c33-27(32-24-15-17-6-7-20(24)14-17)19-10-8-18(9-11-19)26-30-23-13-12-21(16-25(23)31-26)28(34)29-22-4-2-1-3-5-22/h8-13,16-17,20,22,24H,1-7,14-15H2,(H,29,34)(H,30,31)(H,32,33). The van der Waals surface area contributed by atoms with Crippen LogP contribution in [0.4, 0.5) is 0 Å². The SMILES string of the molecule is O=C(NC1CCCCC1)c1ccc2nc(-c3ccc(C(=O)NC4CC5CCC4C5)cc3)[nH]c2c1. The number of H-pyrrole nitrogens is 1. The van der Waals surface area contributed by atoms with Gasteiger partial charge in [-0.25, -0.2) is 4.98 Å². The van der Waals surface area contributed by atoms with Crippen molar-refractivity contribution in [3.05, 3.63) is 53.6 Å². The molecule has 3 unspecified atom stereocenters. The number of nitrogens with zero attached hydrogens (tertiary/aromatic N) is 1. The fraction of sp³-hybridized carbons (Fsp3) is 0.464. The van der Waals surface area contributed by atoms with Gasteiger partial charge in [0.25, 0.3) is 11.8 Å². The smallest absolute Gasteiger partial charge is 0.251 e. The van der Waals surface area contributed by atoms with Crippen molar-refractivity contribution in [1.82, 2.24) is 20.6 Å². The molecule has 0 saturated heterocycles. The van der Waals surface area contributed by atoms with Gasteiger partial charge in [-0.3, -0.25) is 9.59 Å². The topological polar surface area (TPSA) is 86.9 Å². The molecule has 3 atom stereocenters. The quantitative estimate of drug-likeness (QED) is 0.492. The van der Waals surface area contributed by atoms with Gasteiger partial charge in [-0.1, -0.05) is 37.8 Å². The van der Waals surface area contributed by atoms with Crippen LogP contribution < -0.4 is 10.6 Å². The van der Waals surface area contributed by atoms with E-state index in [1.807, 2.05) is 42.5 Å². The van der Waals surface area contributed by atoms with Crippen molar-refractivity contribution in [2.24, 2.45) is 11.8 Å². The van der Waals surface area contributed by atoms with Gasteiger partial charge >= 0.3 is 0 Å². The molecule has 2 amide bonds. The van der Waals surface area contributed by atoms with Crippen molar-refractivity contribution < 1.29 is 9.59 Å². The Labute approximate surface area is 199 Å². The van der Waals surface area contributed by atoms with E-state index in [1.54, 1.807) is 0 Å². The van der Waals surface area contributed by atoms with E-state index in [1.165, 1.54) is 38.5 Å². The number of carbonyl (C=O) groups is 2. The lowest BCUT2D eigenvalue weighted by atomic mass is 9.95. The first-order valence-corrected chi connectivity index (χ1v) is 12.8. The monoisotopic (exact) mass is 456 g/mol. The largest absolute Gasteiger partial charge is 0.349 e. The van der Waals surface area contributed by atoms with Gasteiger partial charge in [0, 0.05) is 28.8 Å². The summed E-state index contributed by atoms with van der Waals surface area (Å²) in [7, 11) is 0. The molecule has 2 bridgehead atoms. The first-order chi connectivity index (χ1) is 16.6. The molecule has 0 radical (unpaired) electrons. The number of nitrogens with one attached hydrogen (secondary N) is 3. The van der Waals surface area contributed by atoms with Crippen LogP contribution in [-0.4, -0.2) is 33.9 Å². The molecule has 0 aliphatic heterocycles. The first kappa shape index (κ1) is 21.4. The zero-order valence-corrected chi connectivity index (χ0v) is 19.5. The molecule has 3 aromatic rings. The second-order valence-electron chi connectivity index (χ2n) is 10.5. The van der Waals surface area contributed by atoms with E-state index in [-0.39, 0.29) is 17.9 Å². The zero-order valence-electron chi connectivity index (χ0n) is 19.5. The minimum Gasteiger partial charge on any atom is -0.349 e. The van der Waals surface area contributed by atoms with Gasteiger partial charge in [0.15, 0.2) is 0 Å². The predicted molar refractivity (Wildman–Crippen MR) is 133 cm³/mol. The Morgan fingerprint density at radius 2 is 1.59 bits per heavy atom. The second kappa shape index (κ2) is 8.90. The predicted octanol–water partition coefficient (Wildman–Crippen LogP) is 5.21.